The Hall–Kier alpha value is -2.59. The Labute approximate surface area is 142 Å². The molecule has 24 heavy (non-hydrogen) atoms. The molecular formula is C20H21N3O. The number of nitrogens with zero attached hydrogens (tertiary/aromatic N) is 3. The Morgan fingerprint density at radius 3 is 2.50 bits per heavy atom. The maximum absolute atomic E-state index is 10.0. The fraction of sp³-hybridized carbons (Fsp3) is 0.250. The van der Waals surface area contributed by atoms with Crippen LogP contribution in [0.2, 0.25) is 0 Å². The monoisotopic (exact) mass is 319 g/mol. The Balaban J connectivity index is 1.46. The van der Waals surface area contributed by atoms with Crippen LogP contribution in [0, 0.1) is 0 Å². The highest BCUT2D eigenvalue weighted by Gasteiger charge is 2.19. The first-order valence-electron chi connectivity index (χ1n) is 8.39. The summed E-state index contributed by atoms with van der Waals surface area (Å²) >= 11 is 0. The number of phenolic OH excluding ortho intramolecular Hbond substituents is 1. The minimum Gasteiger partial charge on any atom is -0.506 e. The number of rotatable bonds is 3. The van der Waals surface area contributed by atoms with Gasteiger partial charge in [0, 0.05) is 44.3 Å². The molecule has 0 radical (unpaired) electrons. The second-order valence-corrected chi connectivity index (χ2v) is 6.24. The molecule has 3 aromatic rings. The van der Waals surface area contributed by atoms with Gasteiger partial charge in [0.05, 0.1) is 11.2 Å². The summed E-state index contributed by atoms with van der Waals surface area (Å²) < 4.78 is 0. The first kappa shape index (κ1) is 15.0. The van der Waals surface area contributed by atoms with Crippen LogP contribution < -0.4 is 4.90 Å². The Morgan fingerprint density at radius 1 is 0.875 bits per heavy atom. The van der Waals surface area contributed by atoms with Crippen molar-refractivity contribution >= 4 is 16.6 Å². The predicted molar refractivity (Wildman–Crippen MR) is 97.3 cm³/mol. The van der Waals surface area contributed by atoms with Crippen molar-refractivity contribution < 1.29 is 5.11 Å². The molecule has 0 unspecified atom stereocenters. The molecule has 1 fully saturated rings. The summed E-state index contributed by atoms with van der Waals surface area (Å²) in [6.45, 7) is 4.74. The van der Waals surface area contributed by atoms with Gasteiger partial charge in [0.1, 0.15) is 5.75 Å². The Bertz CT molecular complexity index is 836. The number of benzene rings is 2. The fourth-order valence-electron chi connectivity index (χ4n) is 3.41. The standard InChI is InChI=1S/C20H21N3O/c24-19-9-2-1-8-18(19)23-13-11-22(12-14-23)15-17-6-3-5-16-7-4-10-21-20(16)17/h1-10,24H,11-15H2. The van der Waals surface area contributed by atoms with Crippen LogP contribution in [0.3, 0.4) is 0 Å². The molecule has 0 bridgehead atoms. The van der Waals surface area contributed by atoms with Crippen LogP contribution >= 0.6 is 0 Å². The second kappa shape index (κ2) is 6.49. The van der Waals surface area contributed by atoms with Crippen molar-refractivity contribution in [3.05, 3.63) is 66.4 Å². The van der Waals surface area contributed by atoms with Gasteiger partial charge in [-0.1, -0.05) is 36.4 Å². The van der Waals surface area contributed by atoms with Gasteiger partial charge >= 0.3 is 0 Å². The SMILES string of the molecule is Oc1ccccc1N1CCN(Cc2cccc3cccnc23)CC1. The van der Waals surface area contributed by atoms with Gasteiger partial charge in [-0.05, 0) is 23.8 Å². The smallest absolute Gasteiger partial charge is 0.138 e. The van der Waals surface area contributed by atoms with Crippen molar-refractivity contribution in [3.8, 4) is 5.75 Å². The summed E-state index contributed by atoms with van der Waals surface area (Å²) in [6.07, 6.45) is 1.86. The van der Waals surface area contributed by atoms with E-state index in [2.05, 4.69) is 39.0 Å². The molecule has 4 rings (SSSR count). The zero-order valence-corrected chi connectivity index (χ0v) is 13.6. The highest BCUT2D eigenvalue weighted by molar-refractivity contribution is 5.81. The third kappa shape index (κ3) is 2.93. The summed E-state index contributed by atoms with van der Waals surface area (Å²) in [5, 5.41) is 11.2. The maximum atomic E-state index is 10.0. The summed E-state index contributed by atoms with van der Waals surface area (Å²) in [7, 11) is 0. The van der Waals surface area contributed by atoms with Crippen LogP contribution in [-0.2, 0) is 6.54 Å². The molecule has 0 spiro atoms. The van der Waals surface area contributed by atoms with E-state index in [9.17, 15) is 5.11 Å². The average molecular weight is 319 g/mol. The molecule has 0 aliphatic carbocycles. The van der Waals surface area contributed by atoms with E-state index in [1.807, 2.05) is 30.5 Å². The van der Waals surface area contributed by atoms with E-state index >= 15 is 0 Å². The van der Waals surface area contributed by atoms with E-state index in [4.69, 9.17) is 0 Å². The lowest BCUT2D eigenvalue weighted by Gasteiger charge is -2.36. The summed E-state index contributed by atoms with van der Waals surface area (Å²) in [4.78, 5) is 9.27. The maximum Gasteiger partial charge on any atom is 0.138 e. The third-order valence-electron chi connectivity index (χ3n) is 4.70. The summed E-state index contributed by atoms with van der Waals surface area (Å²) in [6, 6.07) is 18.1. The van der Waals surface area contributed by atoms with Crippen LogP contribution in [0.1, 0.15) is 5.56 Å². The minimum atomic E-state index is 0.365. The lowest BCUT2D eigenvalue weighted by molar-refractivity contribution is 0.250. The molecule has 2 aromatic carbocycles. The number of para-hydroxylation sites is 3. The molecule has 1 N–H and O–H groups in total. The Morgan fingerprint density at radius 2 is 1.67 bits per heavy atom. The molecule has 2 heterocycles. The average Bonchev–Trinajstić information content (AvgIpc) is 2.63. The van der Waals surface area contributed by atoms with Crippen LogP contribution in [0.25, 0.3) is 10.9 Å². The van der Waals surface area contributed by atoms with Crippen molar-refractivity contribution in [2.75, 3.05) is 31.1 Å². The zero-order valence-electron chi connectivity index (χ0n) is 13.6. The van der Waals surface area contributed by atoms with Gasteiger partial charge in [0.2, 0.25) is 0 Å². The number of aromatic hydroxyl groups is 1. The highest BCUT2D eigenvalue weighted by atomic mass is 16.3. The van der Waals surface area contributed by atoms with Crippen molar-refractivity contribution in [1.29, 1.82) is 0 Å². The molecule has 4 nitrogen and oxygen atoms in total. The number of phenols is 1. The van der Waals surface area contributed by atoms with Crippen LogP contribution in [0.4, 0.5) is 5.69 Å². The van der Waals surface area contributed by atoms with Gasteiger partial charge < -0.3 is 10.0 Å². The van der Waals surface area contributed by atoms with Crippen LogP contribution in [0.15, 0.2) is 60.8 Å². The zero-order chi connectivity index (χ0) is 16.4. The summed E-state index contributed by atoms with van der Waals surface area (Å²) in [5.74, 6) is 0.365. The van der Waals surface area contributed by atoms with Crippen molar-refractivity contribution in [3.63, 3.8) is 0 Å². The van der Waals surface area contributed by atoms with E-state index in [-0.39, 0.29) is 0 Å². The number of hydrogen-bond acceptors (Lipinski definition) is 4. The van der Waals surface area contributed by atoms with Gasteiger partial charge in [0.25, 0.3) is 0 Å². The normalized spacial score (nSPS) is 15.8. The summed E-state index contributed by atoms with van der Waals surface area (Å²) in [5.41, 5.74) is 3.32. The molecule has 1 saturated heterocycles. The van der Waals surface area contributed by atoms with Gasteiger partial charge in [-0.2, -0.15) is 0 Å². The van der Waals surface area contributed by atoms with Gasteiger partial charge in [-0.25, -0.2) is 0 Å². The molecule has 1 aliphatic heterocycles. The molecule has 0 saturated carbocycles. The van der Waals surface area contributed by atoms with Crippen LogP contribution in [0.5, 0.6) is 5.75 Å². The van der Waals surface area contributed by atoms with Gasteiger partial charge in [-0.3, -0.25) is 9.88 Å². The van der Waals surface area contributed by atoms with E-state index in [1.54, 1.807) is 6.07 Å². The molecule has 122 valence electrons. The predicted octanol–water partition coefficient (Wildman–Crippen LogP) is 3.26. The molecular weight excluding hydrogens is 298 g/mol. The number of aromatic nitrogens is 1. The van der Waals surface area contributed by atoms with Crippen molar-refractivity contribution in [1.82, 2.24) is 9.88 Å². The molecule has 0 amide bonds. The molecule has 4 heteroatoms. The molecule has 1 aromatic heterocycles. The minimum absolute atomic E-state index is 0.365. The largest absolute Gasteiger partial charge is 0.506 e. The number of anilines is 1. The number of hydrogen-bond donors (Lipinski definition) is 1. The van der Waals surface area contributed by atoms with E-state index < -0.39 is 0 Å². The molecule has 0 atom stereocenters. The van der Waals surface area contributed by atoms with E-state index in [0.29, 0.717) is 5.75 Å². The lowest BCUT2D eigenvalue weighted by Crippen LogP contribution is -2.46. The first-order chi connectivity index (χ1) is 11.8. The van der Waals surface area contributed by atoms with E-state index in [0.717, 1.165) is 43.9 Å². The highest BCUT2D eigenvalue weighted by Crippen LogP contribution is 2.27. The number of fused-ring (bicyclic) bond motifs is 1. The Kier molecular flexibility index (Phi) is 4.05. The van der Waals surface area contributed by atoms with Crippen molar-refractivity contribution in [2.24, 2.45) is 0 Å². The number of pyridine rings is 1. The number of piperazine rings is 1. The quantitative estimate of drug-likeness (QED) is 0.804. The van der Waals surface area contributed by atoms with Gasteiger partial charge in [-0.15, -0.1) is 0 Å². The fourth-order valence-corrected chi connectivity index (χ4v) is 3.41. The first-order valence-corrected chi connectivity index (χ1v) is 8.39. The van der Waals surface area contributed by atoms with Crippen LogP contribution in [-0.4, -0.2) is 41.2 Å². The van der Waals surface area contributed by atoms with Gasteiger partial charge in [0.15, 0.2) is 0 Å². The topological polar surface area (TPSA) is 39.6 Å². The lowest BCUT2D eigenvalue weighted by atomic mass is 10.1. The molecule has 1 aliphatic rings. The second-order valence-electron chi connectivity index (χ2n) is 6.24. The van der Waals surface area contributed by atoms with Crippen molar-refractivity contribution in [2.45, 2.75) is 6.54 Å². The van der Waals surface area contributed by atoms with E-state index in [1.165, 1.54) is 10.9 Å². The third-order valence-corrected chi connectivity index (χ3v) is 4.70.